The lowest BCUT2D eigenvalue weighted by molar-refractivity contribution is -0.117. The number of primary amides is 1. The van der Waals surface area contributed by atoms with Crippen LogP contribution >= 0.6 is 12.2 Å². The van der Waals surface area contributed by atoms with E-state index >= 15 is 0 Å². The highest BCUT2D eigenvalue weighted by molar-refractivity contribution is 7.80. The Labute approximate surface area is 191 Å². The van der Waals surface area contributed by atoms with Crippen LogP contribution in [0.5, 0.6) is 11.5 Å². The number of aromatic hydroxyl groups is 1. The van der Waals surface area contributed by atoms with Crippen LogP contribution < -0.4 is 20.7 Å². The van der Waals surface area contributed by atoms with Gasteiger partial charge in [0.05, 0.1) is 30.5 Å². The van der Waals surface area contributed by atoms with Crippen LogP contribution in [-0.2, 0) is 11.2 Å². The molecule has 0 fully saturated rings. The molecule has 3 aromatic carbocycles. The van der Waals surface area contributed by atoms with Crippen molar-refractivity contribution in [2.45, 2.75) is 13.3 Å². The molecule has 0 radical (unpaired) electrons. The van der Waals surface area contributed by atoms with Crippen molar-refractivity contribution in [1.29, 1.82) is 0 Å². The number of aryl methyl sites for hydroxylation is 1. The van der Waals surface area contributed by atoms with Gasteiger partial charge in [-0.15, -0.1) is 0 Å². The average molecular weight is 450 g/mol. The van der Waals surface area contributed by atoms with E-state index in [1.54, 1.807) is 12.1 Å². The molecule has 8 heteroatoms. The van der Waals surface area contributed by atoms with E-state index < -0.39 is 6.03 Å². The van der Waals surface area contributed by atoms with E-state index in [9.17, 15) is 14.7 Å². The Balaban J connectivity index is 2.21. The predicted molar refractivity (Wildman–Crippen MR) is 128 cm³/mol. The quantitative estimate of drug-likeness (QED) is 0.494. The van der Waals surface area contributed by atoms with Crippen LogP contribution in [0.25, 0.3) is 0 Å². The smallest absolute Gasteiger partial charge is 0.317 e. The first kappa shape index (κ1) is 22.8. The van der Waals surface area contributed by atoms with E-state index in [1.165, 1.54) is 18.1 Å². The minimum absolute atomic E-state index is 0.0582. The summed E-state index contributed by atoms with van der Waals surface area (Å²) in [6.07, 6.45) is 0.109. The van der Waals surface area contributed by atoms with E-state index in [2.05, 4.69) is 5.32 Å². The van der Waals surface area contributed by atoms with Gasteiger partial charge in [-0.25, -0.2) is 4.79 Å². The van der Waals surface area contributed by atoms with Crippen molar-refractivity contribution in [3.63, 3.8) is 0 Å². The first-order valence-corrected chi connectivity index (χ1v) is 10.2. The second kappa shape index (κ2) is 9.93. The third kappa shape index (κ3) is 4.87. The maximum absolute atomic E-state index is 13.6. The summed E-state index contributed by atoms with van der Waals surface area (Å²) in [5.74, 6) is -0.425. The fourth-order valence-electron chi connectivity index (χ4n) is 3.37. The summed E-state index contributed by atoms with van der Waals surface area (Å²) in [4.78, 5) is 26.4. The highest BCUT2D eigenvalue weighted by Crippen LogP contribution is 2.40. The van der Waals surface area contributed by atoms with Crippen LogP contribution in [0.3, 0.4) is 0 Å². The largest absolute Gasteiger partial charge is 0.504 e. The molecule has 0 unspecified atom stereocenters. The predicted octanol–water partition coefficient (Wildman–Crippen LogP) is 3.96. The van der Waals surface area contributed by atoms with E-state index in [1.807, 2.05) is 55.5 Å². The SMILES string of the molecule is COc1ccc(N(C(=O)Cc2ccccc2)c2ccccc2C)c(C(=S)NC(N)=O)c1O. The second-order valence-electron chi connectivity index (χ2n) is 7.01. The number of ether oxygens (including phenoxy) is 1. The normalized spacial score (nSPS) is 10.3. The van der Waals surface area contributed by atoms with Crippen LogP contribution in [0.15, 0.2) is 66.7 Å². The second-order valence-corrected chi connectivity index (χ2v) is 7.42. The van der Waals surface area contributed by atoms with Crippen molar-refractivity contribution in [1.82, 2.24) is 5.32 Å². The number of anilines is 2. The van der Waals surface area contributed by atoms with Crippen molar-refractivity contribution in [2.75, 3.05) is 12.0 Å². The third-order valence-corrected chi connectivity index (χ3v) is 5.15. The zero-order valence-corrected chi connectivity index (χ0v) is 18.5. The molecule has 3 rings (SSSR count). The summed E-state index contributed by atoms with van der Waals surface area (Å²) < 4.78 is 5.20. The van der Waals surface area contributed by atoms with Gasteiger partial charge in [0.2, 0.25) is 5.91 Å². The van der Waals surface area contributed by atoms with Gasteiger partial charge in [0.25, 0.3) is 0 Å². The topological polar surface area (TPSA) is 105 Å². The van der Waals surface area contributed by atoms with Gasteiger partial charge in [-0.2, -0.15) is 0 Å². The van der Waals surface area contributed by atoms with Gasteiger partial charge >= 0.3 is 6.03 Å². The Morgan fingerprint density at radius 1 is 1.03 bits per heavy atom. The number of nitrogens with two attached hydrogens (primary N) is 1. The number of carbonyl (C=O) groups is 2. The molecule has 0 spiro atoms. The highest BCUT2D eigenvalue weighted by atomic mass is 32.1. The van der Waals surface area contributed by atoms with Gasteiger partial charge in [0, 0.05) is 0 Å². The van der Waals surface area contributed by atoms with Crippen LogP contribution in [0.1, 0.15) is 16.7 Å². The Morgan fingerprint density at radius 2 is 1.69 bits per heavy atom. The molecule has 0 saturated carbocycles. The third-order valence-electron chi connectivity index (χ3n) is 4.85. The zero-order chi connectivity index (χ0) is 23.3. The number of phenols is 1. The molecular formula is C24H23N3O4S. The number of methoxy groups -OCH3 is 1. The molecule has 0 heterocycles. The summed E-state index contributed by atoms with van der Waals surface area (Å²) in [7, 11) is 1.39. The number of phenolic OH excluding ortho intramolecular Hbond substituents is 1. The number of rotatable bonds is 6. The zero-order valence-electron chi connectivity index (χ0n) is 17.7. The molecule has 3 amide bonds. The summed E-state index contributed by atoms with van der Waals surface area (Å²) in [5.41, 5.74) is 7.87. The highest BCUT2D eigenvalue weighted by Gasteiger charge is 2.27. The summed E-state index contributed by atoms with van der Waals surface area (Å²) in [6, 6.07) is 18.9. The van der Waals surface area contributed by atoms with Gasteiger partial charge in [-0.3, -0.25) is 15.0 Å². The Bertz CT molecular complexity index is 1170. The molecule has 164 valence electrons. The van der Waals surface area contributed by atoms with Gasteiger partial charge in [0.15, 0.2) is 11.5 Å². The fourth-order valence-corrected chi connectivity index (χ4v) is 3.67. The monoisotopic (exact) mass is 449 g/mol. The molecule has 0 saturated heterocycles. The number of carbonyl (C=O) groups excluding carboxylic acids is 2. The molecular weight excluding hydrogens is 426 g/mol. The van der Waals surface area contributed by atoms with E-state index in [0.717, 1.165) is 11.1 Å². The molecule has 3 aromatic rings. The van der Waals surface area contributed by atoms with E-state index in [0.29, 0.717) is 5.69 Å². The molecule has 0 aliphatic heterocycles. The minimum atomic E-state index is -0.888. The van der Waals surface area contributed by atoms with Crippen LogP contribution in [0.4, 0.5) is 16.2 Å². The van der Waals surface area contributed by atoms with Crippen molar-refractivity contribution in [2.24, 2.45) is 5.73 Å². The number of hydrogen-bond donors (Lipinski definition) is 3. The summed E-state index contributed by atoms with van der Waals surface area (Å²) >= 11 is 5.33. The first-order chi connectivity index (χ1) is 15.3. The number of amides is 3. The van der Waals surface area contributed by atoms with Gasteiger partial charge < -0.3 is 15.6 Å². The molecule has 0 atom stereocenters. The number of hydrogen-bond acceptors (Lipinski definition) is 5. The lowest BCUT2D eigenvalue weighted by Gasteiger charge is -2.28. The lowest BCUT2D eigenvalue weighted by atomic mass is 10.0. The number of urea groups is 1. The van der Waals surface area contributed by atoms with Crippen LogP contribution in [0.2, 0.25) is 0 Å². The van der Waals surface area contributed by atoms with Crippen molar-refractivity contribution in [3.8, 4) is 11.5 Å². The minimum Gasteiger partial charge on any atom is -0.504 e. The fraction of sp³-hybridized carbons (Fsp3) is 0.125. The standard InChI is InChI=1S/C24H23N3O4S/c1-15-8-6-7-11-17(15)27(20(28)14-16-9-4-3-5-10-16)18-12-13-19(31-2)22(29)21(18)23(32)26-24(25)30/h3-13,29H,14H2,1-2H3,(H3,25,26,30,32). The Hall–Kier alpha value is -3.91. The number of nitrogens with one attached hydrogen (secondary N) is 1. The number of thiocarbonyl (C=S) groups is 1. The Morgan fingerprint density at radius 3 is 2.31 bits per heavy atom. The van der Waals surface area contributed by atoms with Crippen LogP contribution in [0, 0.1) is 6.92 Å². The maximum atomic E-state index is 13.6. The first-order valence-electron chi connectivity index (χ1n) is 9.76. The van der Waals surface area contributed by atoms with Gasteiger partial charge in [-0.05, 0) is 36.2 Å². The molecule has 7 nitrogen and oxygen atoms in total. The van der Waals surface area contributed by atoms with Crippen molar-refractivity contribution < 1.29 is 19.4 Å². The molecule has 0 aliphatic rings. The van der Waals surface area contributed by atoms with Crippen molar-refractivity contribution in [3.05, 3.63) is 83.4 Å². The van der Waals surface area contributed by atoms with Gasteiger partial charge in [-0.1, -0.05) is 60.7 Å². The number of benzene rings is 3. The number of para-hydroxylation sites is 1. The summed E-state index contributed by atoms with van der Waals surface area (Å²) in [5, 5.41) is 13.2. The maximum Gasteiger partial charge on any atom is 0.317 e. The van der Waals surface area contributed by atoms with E-state index in [4.69, 9.17) is 22.7 Å². The molecule has 32 heavy (non-hydrogen) atoms. The Kier molecular flexibility index (Phi) is 7.07. The van der Waals surface area contributed by atoms with E-state index in [-0.39, 0.29) is 40.1 Å². The summed E-state index contributed by atoms with van der Waals surface area (Å²) in [6.45, 7) is 1.88. The average Bonchev–Trinajstić information content (AvgIpc) is 2.75. The van der Waals surface area contributed by atoms with Crippen molar-refractivity contribution >= 4 is 40.5 Å². The molecule has 0 aliphatic carbocycles. The van der Waals surface area contributed by atoms with Crippen LogP contribution in [-0.4, -0.2) is 29.1 Å². The molecule has 4 N–H and O–H groups in total. The lowest BCUT2D eigenvalue weighted by Crippen LogP contribution is -2.36. The number of nitrogens with zero attached hydrogens (tertiary/aromatic N) is 1. The van der Waals surface area contributed by atoms with Gasteiger partial charge in [0.1, 0.15) is 4.99 Å². The molecule has 0 aromatic heterocycles. The molecule has 0 bridgehead atoms.